The molecule has 0 amide bonds. The van der Waals surface area contributed by atoms with Gasteiger partial charge in [0.25, 0.3) is 0 Å². The maximum absolute atomic E-state index is 10.7. The fourth-order valence-electron chi connectivity index (χ4n) is 3.63. The van der Waals surface area contributed by atoms with E-state index in [0.29, 0.717) is 0 Å². The SMILES string of the molecule is O=C(O)CNC1CCCCC([C@@H]2S[C@H](CO)[C@H](O)[C@H](O)[C@H]2O)C1. The van der Waals surface area contributed by atoms with E-state index in [0.717, 1.165) is 32.1 Å². The Labute approximate surface area is 140 Å². The van der Waals surface area contributed by atoms with Crippen LogP contribution >= 0.6 is 11.8 Å². The van der Waals surface area contributed by atoms with Crippen molar-refractivity contribution in [3.05, 3.63) is 0 Å². The van der Waals surface area contributed by atoms with Crippen molar-refractivity contribution < 1.29 is 30.3 Å². The van der Waals surface area contributed by atoms with Gasteiger partial charge in [-0.1, -0.05) is 12.8 Å². The zero-order valence-corrected chi connectivity index (χ0v) is 13.9. The molecule has 1 saturated carbocycles. The Kier molecular flexibility index (Phi) is 7.12. The van der Waals surface area contributed by atoms with Gasteiger partial charge in [0, 0.05) is 11.3 Å². The van der Waals surface area contributed by atoms with Crippen molar-refractivity contribution in [2.24, 2.45) is 5.92 Å². The maximum Gasteiger partial charge on any atom is 0.317 e. The molecule has 2 fully saturated rings. The predicted molar refractivity (Wildman–Crippen MR) is 86.3 cm³/mol. The van der Waals surface area contributed by atoms with E-state index in [2.05, 4.69) is 5.32 Å². The molecular weight excluding hydrogens is 322 g/mol. The van der Waals surface area contributed by atoms with Crippen molar-refractivity contribution in [1.29, 1.82) is 0 Å². The van der Waals surface area contributed by atoms with Crippen molar-refractivity contribution in [3.63, 3.8) is 0 Å². The first-order valence-corrected chi connectivity index (χ1v) is 9.14. The van der Waals surface area contributed by atoms with Gasteiger partial charge in [-0.05, 0) is 25.2 Å². The minimum absolute atomic E-state index is 0.0722. The molecule has 0 aromatic heterocycles. The van der Waals surface area contributed by atoms with Crippen molar-refractivity contribution in [2.45, 2.75) is 67.0 Å². The van der Waals surface area contributed by atoms with Gasteiger partial charge < -0.3 is 30.8 Å². The Morgan fingerprint density at radius 3 is 2.43 bits per heavy atom. The average molecular weight is 349 g/mol. The molecule has 134 valence electrons. The maximum atomic E-state index is 10.7. The highest BCUT2D eigenvalue weighted by Gasteiger charge is 2.46. The van der Waals surface area contributed by atoms with Gasteiger partial charge in [0.2, 0.25) is 0 Å². The summed E-state index contributed by atoms with van der Waals surface area (Å²) in [6, 6.07) is 0.0722. The van der Waals surface area contributed by atoms with Crippen LogP contribution in [0.25, 0.3) is 0 Å². The number of aliphatic carboxylic acids is 1. The molecule has 6 N–H and O–H groups in total. The third kappa shape index (κ3) is 4.80. The van der Waals surface area contributed by atoms with E-state index in [9.17, 15) is 25.2 Å². The van der Waals surface area contributed by atoms with Gasteiger partial charge in [-0.15, -0.1) is 11.8 Å². The van der Waals surface area contributed by atoms with Gasteiger partial charge in [0.05, 0.1) is 30.6 Å². The highest BCUT2D eigenvalue weighted by atomic mass is 32.2. The third-order valence-corrected chi connectivity index (χ3v) is 6.66. The van der Waals surface area contributed by atoms with E-state index in [1.807, 2.05) is 0 Å². The Morgan fingerprint density at radius 1 is 1.09 bits per heavy atom. The summed E-state index contributed by atoms with van der Waals surface area (Å²) >= 11 is 1.34. The number of carbonyl (C=O) groups is 1. The molecule has 2 rings (SSSR count). The monoisotopic (exact) mass is 349 g/mol. The summed E-state index contributed by atoms with van der Waals surface area (Å²) in [4.78, 5) is 10.7. The van der Waals surface area contributed by atoms with Gasteiger partial charge in [-0.25, -0.2) is 0 Å². The number of aliphatic hydroxyl groups is 4. The molecule has 2 aliphatic rings. The third-order valence-electron chi connectivity index (χ3n) is 4.90. The largest absolute Gasteiger partial charge is 0.480 e. The summed E-state index contributed by atoms with van der Waals surface area (Å²) in [7, 11) is 0. The van der Waals surface area contributed by atoms with Crippen molar-refractivity contribution >= 4 is 17.7 Å². The van der Waals surface area contributed by atoms with Crippen LogP contribution in [0.5, 0.6) is 0 Å². The number of aliphatic hydroxyl groups excluding tert-OH is 4. The topological polar surface area (TPSA) is 130 Å². The smallest absolute Gasteiger partial charge is 0.317 e. The van der Waals surface area contributed by atoms with E-state index >= 15 is 0 Å². The van der Waals surface area contributed by atoms with E-state index in [4.69, 9.17) is 5.11 Å². The fourth-order valence-corrected chi connectivity index (χ4v) is 5.24. The molecule has 2 unspecified atom stereocenters. The van der Waals surface area contributed by atoms with Crippen molar-refractivity contribution in [1.82, 2.24) is 5.32 Å². The number of carboxylic acids is 1. The highest BCUT2D eigenvalue weighted by Crippen LogP contribution is 2.41. The summed E-state index contributed by atoms with van der Waals surface area (Å²) in [5.74, 6) is -0.781. The van der Waals surface area contributed by atoms with Crippen LogP contribution < -0.4 is 5.32 Å². The second kappa shape index (κ2) is 8.64. The number of nitrogens with one attached hydrogen (secondary N) is 1. The zero-order valence-electron chi connectivity index (χ0n) is 13.0. The first kappa shape index (κ1) is 19.0. The van der Waals surface area contributed by atoms with Crippen molar-refractivity contribution in [3.8, 4) is 0 Å². The lowest BCUT2D eigenvalue weighted by Crippen LogP contribution is -2.56. The summed E-state index contributed by atoms with van der Waals surface area (Å²) in [5, 5.41) is 50.7. The number of rotatable bonds is 5. The van der Waals surface area contributed by atoms with Crippen LogP contribution in [0.4, 0.5) is 0 Å². The minimum atomic E-state index is -1.26. The Hall–Kier alpha value is -0.380. The number of thioether (sulfide) groups is 1. The van der Waals surface area contributed by atoms with Gasteiger partial charge in [0.15, 0.2) is 0 Å². The van der Waals surface area contributed by atoms with E-state index < -0.39 is 29.5 Å². The lowest BCUT2D eigenvalue weighted by Gasteiger charge is -2.43. The Balaban J connectivity index is 2.03. The summed E-state index contributed by atoms with van der Waals surface area (Å²) < 4.78 is 0. The molecular formula is C15H27NO6S. The predicted octanol–water partition coefficient (Wildman–Crippen LogP) is -0.831. The molecule has 1 heterocycles. The number of carboxylic acid groups (broad SMARTS) is 1. The average Bonchev–Trinajstić information content (AvgIpc) is 2.76. The van der Waals surface area contributed by atoms with E-state index in [1.165, 1.54) is 11.8 Å². The molecule has 0 aromatic carbocycles. The fraction of sp³-hybridized carbons (Fsp3) is 0.933. The summed E-state index contributed by atoms with van der Waals surface area (Å²) in [6.07, 6.45) is 1.06. The van der Waals surface area contributed by atoms with Gasteiger partial charge in [-0.3, -0.25) is 4.79 Å². The quantitative estimate of drug-likeness (QED) is 0.355. The first-order chi connectivity index (χ1) is 10.9. The molecule has 1 saturated heterocycles. The van der Waals surface area contributed by atoms with Crippen LogP contribution in [0, 0.1) is 5.92 Å². The highest BCUT2D eigenvalue weighted by molar-refractivity contribution is 8.00. The molecule has 23 heavy (non-hydrogen) atoms. The molecule has 0 radical (unpaired) electrons. The van der Waals surface area contributed by atoms with Crippen LogP contribution in [-0.2, 0) is 4.79 Å². The second-order valence-corrected chi connectivity index (χ2v) is 7.97. The zero-order chi connectivity index (χ0) is 17.0. The van der Waals surface area contributed by atoms with Crippen LogP contribution in [-0.4, -0.2) is 79.5 Å². The lowest BCUT2D eigenvalue weighted by molar-refractivity contribution is -0.136. The van der Waals surface area contributed by atoms with Crippen molar-refractivity contribution in [2.75, 3.05) is 13.2 Å². The Morgan fingerprint density at radius 2 is 1.78 bits per heavy atom. The molecule has 7 nitrogen and oxygen atoms in total. The molecule has 7 atom stereocenters. The van der Waals surface area contributed by atoms with Gasteiger partial charge in [0.1, 0.15) is 6.10 Å². The second-order valence-electron chi connectivity index (χ2n) is 6.55. The normalized spacial score (nSPS) is 42.2. The molecule has 8 heteroatoms. The molecule has 0 bridgehead atoms. The molecule has 0 aromatic rings. The number of hydrogen-bond acceptors (Lipinski definition) is 7. The first-order valence-electron chi connectivity index (χ1n) is 8.19. The summed E-state index contributed by atoms with van der Waals surface area (Å²) in [6.45, 7) is -0.335. The lowest BCUT2D eigenvalue weighted by atomic mass is 9.87. The standard InChI is InChI=1S/C15H27NO6S/c17-7-10-12(20)13(21)14(22)15(23-10)8-3-1-2-4-9(5-8)16-6-11(18)19/h8-10,12-17,20-22H,1-7H2,(H,18,19)/t8?,9?,10-,12+,13+,14-,15+/m1/s1. The van der Waals surface area contributed by atoms with Gasteiger partial charge in [-0.2, -0.15) is 0 Å². The molecule has 1 aliphatic carbocycles. The van der Waals surface area contributed by atoms with Crippen LogP contribution in [0.1, 0.15) is 32.1 Å². The summed E-state index contributed by atoms with van der Waals surface area (Å²) in [5.41, 5.74) is 0. The van der Waals surface area contributed by atoms with Crippen LogP contribution in [0.2, 0.25) is 0 Å². The Bertz CT molecular complexity index is 396. The van der Waals surface area contributed by atoms with Gasteiger partial charge >= 0.3 is 5.97 Å². The minimum Gasteiger partial charge on any atom is -0.480 e. The van der Waals surface area contributed by atoms with E-state index in [-0.39, 0.29) is 30.4 Å². The molecule has 0 spiro atoms. The van der Waals surface area contributed by atoms with E-state index in [1.54, 1.807) is 0 Å². The molecule has 1 aliphatic heterocycles. The van der Waals surface area contributed by atoms with Crippen LogP contribution in [0.3, 0.4) is 0 Å². The van der Waals surface area contributed by atoms with Crippen LogP contribution in [0.15, 0.2) is 0 Å². The number of hydrogen-bond donors (Lipinski definition) is 6.